The number of primary amides is 1. The van der Waals surface area contributed by atoms with Crippen molar-refractivity contribution in [3.05, 3.63) is 40.2 Å². The van der Waals surface area contributed by atoms with E-state index in [9.17, 15) is 44.7 Å². The predicted molar refractivity (Wildman–Crippen MR) is 145 cm³/mol. The molecule has 0 aliphatic heterocycles. The Hall–Kier alpha value is -3.94. The maximum atomic E-state index is 14.0. The molecule has 7 atom stereocenters. The number of ether oxygens (including phenoxy) is 1. The number of ketones is 2. The first kappa shape index (κ1) is 30.0. The fourth-order valence-electron chi connectivity index (χ4n) is 6.49. The third-order valence-corrected chi connectivity index (χ3v) is 8.44. The fourth-order valence-corrected chi connectivity index (χ4v) is 6.49. The number of anilines is 1. The second-order valence-corrected chi connectivity index (χ2v) is 10.8. The molecular weight excluding hydrogens is 538 g/mol. The van der Waals surface area contributed by atoms with Crippen LogP contribution in [-0.4, -0.2) is 98.4 Å². The van der Waals surface area contributed by atoms with Gasteiger partial charge in [-0.1, -0.05) is 19.9 Å². The molecular formula is C28H35N3O10. The number of Topliss-reactive ketones (excluding diaryl/α,β-unsaturated/α-hetero) is 2. The van der Waals surface area contributed by atoms with Crippen molar-refractivity contribution in [3.63, 3.8) is 0 Å². The summed E-state index contributed by atoms with van der Waals surface area (Å²) >= 11 is 0. The van der Waals surface area contributed by atoms with Crippen molar-refractivity contribution in [1.82, 2.24) is 4.90 Å². The Morgan fingerprint density at radius 3 is 2.34 bits per heavy atom. The number of aliphatic hydroxyl groups excluding tert-OH is 3. The molecule has 13 nitrogen and oxygen atoms in total. The van der Waals surface area contributed by atoms with Gasteiger partial charge in [-0.05, 0) is 45.0 Å². The highest BCUT2D eigenvalue weighted by molar-refractivity contribution is 6.24. The molecule has 1 aromatic carbocycles. The van der Waals surface area contributed by atoms with Crippen LogP contribution in [0.15, 0.2) is 29.0 Å². The number of fused-ring (bicyclic) bond motifs is 3. The number of nitrogens with two attached hydrogens (primary N) is 1. The number of hydrogen-bond donors (Lipinski definition) is 7. The van der Waals surface area contributed by atoms with E-state index in [0.717, 1.165) is 0 Å². The van der Waals surface area contributed by atoms with Gasteiger partial charge < -0.3 is 41.3 Å². The Bertz CT molecular complexity index is 1400. The van der Waals surface area contributed by atoms with Crippen molar-refractivity contribution in [2.24, 2.45) is 17.6 Å². The standard InChI is InChI=1S/C28H35N3O10/c1-6-12(27(39)41-7-2)30-13-9-8-11-10(3)14-16(21(33)15(11)20(13)32)24(36)28(40)18(22(14)34)19(31(4)5)23(35)17(25(28)37)26(29)38/h8-10,12,14,18-19,22,30,32-34,37,40H,6-7H2,1-5H3,(H2,29,38)/t10-,12?,14+,18+,19-,22-,28-/m1/s1. The van der Waals surface area contributed by atoms with Crippen LogP contribution >= 0.6 is 0 Å². The summed E-state index contributed by atoms with van der Waals surface area (Å²) in [5.41, 5.74) is 1.08. The number of nitrogens with zero attached hydrogens (tertiary/aromatic N) is 1. The highest BCUT2D eigenvalue weighted by Gasteiger charge is 2.68. The highest BCUT2D eigenvalue weighted by atomic mass is 16.5. The zero-order valence-corrected chi connectivity index (χ0v) is 23.3. The average molecular weight is 574 g/mol. The molecule has 1 unspecified atom stereocenters. The molecule has 4 rings (SSSR count). The topological polar surface area (TPSA) is 220 Å². The number of aliphatic hydroxyl groups is 4. The number of amides is 1. The van der Waals surface area contributed by atoms with Gasteiger partial charge in [0.15, 0.2) is 11.4 Å². The second kappa shape index (κ2) is 10.5. The van der Waals surface area contributed by atoms with Gasteiger partial charge in [-0.2, -0.15) is 0 Å². The largest absolute Gasteiger partial charge is 0.508 e. The van der Waals surface area contributed by atoms with Gasteiger partial charge in [0.1, 0.15) is 28.9 Å². The van der Waals surface area contributed by atoms with Gasteiger partial charge in [0, 0.05) is 11.5 Å². The van der Waals surface area contributed by atoms with Crippen LogP contribution in [0.5, 0.6) is 5.75 Å². The van der Waals surface area contributed by atoms with Crippen molar-refractivity contribution < 1.29 is 49.4 Å². The molecule has 0 saturated heterocycles. The van der Waals surface area contributed by atoms with E-state index in [4.69, 9.17) is 10.5 Å². The van der Waals surface area contributed by atoms with E-state index in [1.807, 2.05) is 0 Å². The molecule has 8 N–H and O–H groups in total. The Kier molecular flexibility index (Phi) is 7.67. The molecule has 1 fully saturated rings. The molecule has 1 aromatic rings. The van der Waals surface area contributed by atoms with E-state index in [-0.39, 0.29) is 17.9 Å². The van der Waals surface area contributed by atoms with Crippen LogP contribution in [0.4, 0.5) is 5.69 Å². The summed E-state index contributed by atoms with van der Waals surface area (Å²) in [5, 5.41) is 59.9. The first-order valence-electron chi connectivity index (χ1n) is 13.3. The van der Waals surface area contributed by atoms with Crippen molar-refractivity contribution in [2.75, 3.05) is 26.0 Å². The van der Waals surface area contributed by atoms with Crippen LogP contribution in [0.1, 0.15) is 44.2 Å². The maximum Gasteiger partial charge on any atom is 0.328 e. The van der Waals surface area contributed by atoms with Crippen LogP contribution in [-0.2, 0) is 23.9 Å². The van der Waals surface area contributed by atoms with E-state index in [0.29, 0.717) is 12.0 Å². The number of carbonyl (C=O) groups excluding carboxylic acids is 4. The summed E-state index contributed by atoms with van der Waals surface area (Å²) < 4.78 is 5.05. The summed E-state index contributed by atoms with van der Waals surface area (Å²) in [6, 6.07) is 0.782. The van der Waals surface area contributed by atoms with Gasteiger partial charge in [-0.25, -0.2) is 4.79 Å². The first-order valence-corrected chi connectivity index (χ1v) is 13.3. The number of esters is 1. The average Bonchev–Trinajstić information content (AvgIpc) is 2.89. The lowest BCUT2D eigenvalue weighted by Gasteiger charge is -2.53. The number of nitrogens with one attached hydrogen (secondary N) is 1. The first-order chi connectivity index (χ1) is 19.2. The third kappa shape index (κ3) is 4.18. The quantitative estimate of drug-likeness (QED) is 0.133. The van der Waals surface area contributed by atoms with E-state index in [1.54, 1.807) is 26.8 Å². The van der Waals surface area contributed by atoms with E-state index < -0.39 is 93.4 Å². The van der Waals surface area contributed by atoms with E-state index in [2.05, 4.69) is 5.32 Å². The number of benzene rings is 1. The highest BCUT2D eigenvalue weighted by Crippen LogP contribution is 2.56. The predicted octanol–water partition coefficient (Wildman–Crippen LogP) is 0.249. The number of rotatable bonds is 7. The molecule has 13 heteroatoms. The number of aromatic hydroxyl groups is 1. The molecule has 222 valence electrons. The molecule has 1 saturated carbocycles. The Morgan fingerprint density at radius 2 is 1.80 bits per heavy atom. The van der Waals surface area contributed by atoms with Crippen LogP contribution in [0.3, 0.4) is 0 Å². The van der Waals surface area contributed by atoms with Gasteiger partial charge in [0.2, 0.25) is 5.78 Å². The van der Waals surface area contributed by atoms with Gasteiger partial charge in [-0.3, -0.25) is 19.3 Å². The summed E-state index contributed by atoms with van der Waals surface area (Å²) in [4.78, 5) is 53.0. The molecule has 3 aliphatic carbocycles. The Morgan fingerprint density at radius 1 is 1.17 bits per heavy atom. The molecule has 0 spiro atoms. The Balaban J connectivity index is 1.93. The molecule has 0 heterocycles. The van der Waals surface area contributed by atoms with Gasteiger partial charge in [-0.15, -0.1) is 0 Å². The lowest BCUT2D eigenvalue weighted by molar-refractivity contribution is -0.169. The monoisotopic (exact) mass is 573 g/mol. The van der Waals surface area contributed by atoms with Crippen molar-refractivity contribution in [2.45, 2.75) is 56.9 Å². The van der Waals surface area contributed by atoms with Crippen molar-refractivity contribution in [3.8, 4) is 5.75 Å². The smallest absolute Gasteiger partial charge is 0.328 e. The zero-order chi connectivity index (χ0) is 30.7. The van der Waals surface area contributed by atoms with Crippen LogP contribution in [0.25, 0.3) is 5.76 Å². The van der Waals surface area contributed by atoms with Gasteiger partial charge in [0.05, 0.1) is 35.9 Å². The summed E-state index contributed by atoms with van der Waals surface area (Å²) in [5.74, 6) is -10.3. The number of carbonyl (C=O) groups is 4. The normalized spacial score (nSPS) is 30.0. The van der Waals surface area contributed by atoms with Gasteiger partial charge >= 0.3 is 5.97 Å². The SMILES string of the molecule is CCOC(=O)C(CC)Nc1ccc2c(c1O)C(O)=C1C(=O)[C@@]3(O)C(O)=C(C(N)=O)C(=O)[C@H](N(C)C)[C@H]3[C@H](O)[C@H]1[C@@H]2C. The molecule has 0 radical (unpaired) electrons. The number of hydrogen-bond acceptors (Lipinski definition) is 12. The second-order valence-electron chi connectivity index (χ2n) is 10.8. The lowest BCUT2D eigenvalue weighted by Crippen LogP contribution is -2.70. The Labute approximate surface area is 235 Å². The zero-order valence-electron chi connectivity index (χ0n) is 23.3. The van der Waals surface area contributed by atoms with Crippen LogP contribution in [0.2, 0.25) is 0 Å². The maximum absolute atomic E-state index is 14.0. The van der Waals surface area contributed by atoms with Crippen molar-refractivity contribution in [1.29, 1.82) is 0 Å². The van der Waals surface area contributed by atoms with Gasteiger partial charge in [0.25, 0.3) is 5.91 Å². The van der Waals surface area contributed by atoms with Crippen LogP contribution < -0.4 is 11.1 Å². The molecule has 0 aromatic heterocycles. The minimum atomic E-state index is -2.99. The lowest BCUT2D eigenvalue weighted by atomic mass is 9.54. The molecule has 3 aliphatic rings. The summed E-state index contributed by atoms with van der Waals surface area (Å²) in [6.45, 7) is 5.16. The molecule has 0 bridgehead atoms. The minimum absolute atomic E-state index is 0.0524. The minimum Gasteiger partial charge on any atom is -0.508 e. The molecule has 41 heavy (non-hydrogen) atoms. The fraction of sp³-hybridized carbons (Fsp3) is 0.500. The van der Waals surface area contributed by atoms with Crippen molar-refractivity contribution >= 4 is 34.9 Å². The van der Waals surface area contributed by atoms with E-state index >= 15 is 0 Å². The summed E-state index contributed by atoms with van der Waals surface area (Å²) in [7, 11) is 2.88. The number of phenolic OH excluding ortho intramolecular Hbond substituents is 1. The molecule has 1 amide bonds. The van der Waals surface area contributed by atoms with E-state index in [1.165, 1.54) is 25.1 Å². The number of phenols is 1. The summed E-state index contributed by atoms with van der Waals surface area (Å²) in [6.07, 6.45) is -1.38. The van der Waals surface area contributed by atoms with Crippen LogP contribution in [0, 0.1) is 11.8 Å². The third-order valence-electron chi connectivity index (χ3n) is 8.44. The number of likely N-dealkylation sites (N-methyl/N-ethyl adjacent to an activating group) is 1.